The van der Waals surface area contributed by atoms with Crippen LogP contribution in [0.4, 0.5) is 0 Å². The molecule has 1 aromatic heterocycles. The molecule has 1 aromatic carbocycles. The topological polar surface area (TPSA) is 37.6 Å². The zero-order valence-electron chi connectivity index (χ0n) is 13.3. The standard InChI is InChI=1S/C17H26N2O2/c1-4-18-12-17-15(13-19(3)10-11-20-5-2)14-8-6-7-9-16(14)21-17/h6-9,18H,4-5,10-13H2,1-3H3. The molecule has 0 amide bonds. The lowest BCUT2D eigenvalue weighted by atomic mass is 10.1. The number of ether oxygens (including phenoxy) is 1. The summed E-state index contributed by atoms with van der Waals surface area (Å²) in [5, 5.41) is 4.57. The third kappa shape index (κ3) is 4.30. The third-order valence-corrected chi connectivity index (χ3v) is 3.57. The molecule has 0 saturated heterocycles. The van der Waals surface area contributed by atoms with Crippen LogP contribution in [-0.2, 0) is 17.8 Å². The van der Waals surface area contributed by atoms with Crippen LogP contribution in [0.5, 0.6) is 0 Å². The van der Waals surface area contributed by atoms with Gasteiger partial charge in [0.25, 0.3) is 0 Å². The molecule has 0 aliphatic heterocycles. The van der Waals surface area contributed by atoms with Crippen LogP contribution in [0.15, 0.2) is 28.7 Å². The van der Waals surface area contributed by atoms with Crippen LogP contribution in [0.1, 0.15) is 25.2 Å². The lowest BCUT2D eigenvalue weighted by molar-refractivity contribution is 0.120. The molecule has 0 unspecified atom stereocenters. The van der Waals surface area contributed by atoms with Crippen molar-refractivity contribution in [2.45, 2.75) is 26.9 Å². The van der Waals surface area contributed by atoms with E-state index in [-0.39, 0.29) is 0 Å². The molecule has 0 fully saturated rings. The van der Waals surface area contributed by atoms with Crippen LogP contribution in [0.3, 0.4) is 0 Å². The summed E-state index contributed by atoms with van der Waals surface area (Å²) >= 11 is 0. The highest BCUT2D eigenvalue weighted by Crippen LogP contribution is 2.26. The Morgan fingerprint density at radius 1 is 1.24 bits per heavy atom. The van der Waals surface area contributed by atoms with Gasteiger partial charge in [0.05, 0.1) is 13.2 Å². The van der Waals surface area contributed by atoms with Crippen LogP contribution in [0.25, 0.3) is 11.0 Å². The monoisotopic (exact) mass is 290 g/mol. The van der Waals surface area contributed by atoms with Gasteiger partial charge in [0.15, 0.2) is 0 Å². The number of nitrogens with one attached hydrogen (secondary N) is 1. The number of hydrogen-bond donors (Lipinski definition) is 1. The Kier molecular flexibility index (Phi) is 6.23. The van der Waals surface area contributed by atoms with Gasteiger partial charge in [-0.3, -0.25) is 4.90 Å². The molecule has 4 nitrogen and oxygen atoms in total. The predicted molar refractivity (Wildman–Crippen MR) is 86.4 cm³/mol. The second-order valence-corrected chi connectivity index (χ2v) is 5.21. The van der Waals surface area contributed by atoms with E-state index in [2.05, 4.69) is 36.3 Å². The Morgan fingerprint density at radius 3 is 2.81 bits per heavy atom. The zero-order valence-corrected chi connectivity index (χ0v) is 13.3. The molecule has 0 aliphatic carbocycles. The molecule has 21 heavy (non-hydrogen) atoms. The minimum atomic E-state index is 0.769. The van der Waals surface area contributed by atoms with Gasteiger partial charge < -0.3 is 14.5 Å². The largest absolute Gasteiger partial charge is 0.459 e. The molecule has 2 aromatic rings. The fourth-order valence-corrected chi connectivity index (χ4v) is 2.42. The SMILES string of the molecule is CCNCc1oc2ccccc2c1CN(C)CCOCC. The van der Waals surface area contributed by atoms with Crippen molar-refractivity contribution in [1.29, 1.82) is 0 Å². The molecule has 0 spiro atoms. The number of nitrogens with zero attached hydrogens (tertiary/aromatic N) is 1. The number of benzene rings is 1. The molecule has 0 bridgehead atoms. The number of fused-ring (bicyclic) bond motifs is 1. The van der Waals surface area contributed by atoms with Crippen molar-refractivity contribution in [3.63, 3.8) is 0 Å². The van der Waals surface area contributed by atoms with E-state index in [1.54, 1.807) is 0 Å². The quantitative estimate of drug-likeness (QED) is 0.720. The third-order valence-electron chi connectivity index (χ3n) is 3.57. The molecular weight excluding hydrogens is 264 g/mol. The van der Waals surface area contributed by atoms with Gasteiger partial charge in [0.1, 0.15) is 11.3 Å². The maximum atomic E-state index is 6.01. The molecule has 1 N–H and O–H groups in total. The normalized spacial score (nSPS) is 11.6. The number of rotatable bonds is 9. The maximum Gasteiger partial charge on any atom is 0.134 e. The summed E-state index contributed by atoms with van der Waals surface area (Å²) < 4.78 is 11.4. The summed E-state index contributed by atoms with van der Waals surface area (Å²) in [5.41, 5.74) is 2.25. The van der Waals surface area contributed by atoms with Crippen LogP contribution in [0, 0.1) is 0 Å². The van der Waals surface area contributed by atoms with E-state index < -0.39 is 0 Å². The van der Waals surface area contributed by atoms with Gasteiger partial charge in [-0.1, -0.05) is 25.1 Å². The number of likely N-dealkylation sites (N-methyl/N-ethyl adjacent to an activating group) is 1. The molecule has 4 heteroatoms. The van der Waals surface area contributed by atoms with Crippen molar-refractivity contribution in [2.24, 2.45) is 0 Å². The highest BCUT2D eigenvalue weighted by molar-refractivity contribution is 5.82. The number of para-hydroxylation sites is 1. The highest BCUT2D eigenvalue weighted by Gasteiger charge is 2.15. The van der Waals surface area contributed by atoms with Gasteiger partial charge in [0, 0.05) is 30.6 Å². The van der Waals surface area contributed by atoms with Crippen LogP contribution >= 0.6 is 0 Å². The predicted octanol–water partition coefficient (Wildman–Crippen LogP) is 3.01. The van der Waals surface area contributed by atoms with Gasteiger partial charge >= 0.3 is 0 Å². The van der Waals surface area contributed by atoms with E-state index in [4.69, 9.17) is 9.15 Å². The van der Waals surface area contributed by atoms with Crippen molar-refractivity contribution in [2.75, 3.05) is 33.4 Å². The summed E-state index contributed by atoms with van der Waals surface area (Å²) in [7, 11) is 2.12. The van der Waals surface area contributed by atoms with Gasteiger partial charge in [0.2, 0.25) is 0 Å². The lowest BCUT2D eigenvalue weighted by Gasteiger charge is -2.16. The first-order valence-electron chi connectivity index (χ1n) is 7.72. The zero-order chi connectivity index (χ0) is 15.1. The number of furan rings is 1. The minimum Gasteiger partial charge on any atom is -0.459 e. The molecule has 116 valence electrons. The summed E-state index contributed by atoms with van der Waals surface area (Å²) in [6.07, 6.45) is 0. The van der Waals surface area contributed by atoms with E-state index in [0.717, 1.165) is 50.7 Å². The van der Waals surface area contributed by atoms with Crippen LogP contribution in [-0.4, -0.2) is 38.3 Å². The van der Waals surface area contributed by atoms with Crippen molar-refractivity contribution in [3.05, 3.63) is 35.6 Å². The first kappa shape index (κ1) is 16.0. The van der Waals surface area contributed by atoms with E-state index in [9.17, 15) is 0 Å². The molecule has 2 rings (SSSR count). The molecular formula is C17H26N2O2. The molecule has 0 aliphatic rings. The molecule has 0 atom stereocenters. The van der Waals surface area contributed by atoms with Crippen molar-refractivity contribution < 1.29 is 9.15 Å². The second-order valence-electron chi connectivity index (χ2n) is 5.21. The lowest BCUT2D eigenvalue weighted by Crippen LogP contribution is -2.23. The van der Waals surface area contributed by atoms with E-state index >= 15 is 0 Å². The Morgan fingerprint density at radius 2 is 2.05 bits per heavy atom. The first-order chi connectivity index (χ1) is 10.3. The average Bonchev–Trinajstić information content (AvgIpc) is 2.83. The van der Waals surface area contributed by atoms with Crippen molar-refractivity contribution in [3.8, 4) is 0 Å². The second kappa shape index (κ2) is 8.17. The highest BCUT2D eigenvalue weighted by atomic mass is 16.5. The molecule has 0 saturated carbocycles. The maximum absolute atomic E-state index is 6.01. The van der Waals surface area contributed by atoms with E-state index in [1.807, 2.05) is 19.1 Å². The smallest absolute Gasteiger partial charge is 0.134 e. The minimum absolute atomic E-state index is 0.769. The molecule has 0 radical (unpaired) electrons. The summed E-state index contributed by atoms with van der Waals surface area (Å²) in [5.74, 6) is 1.04. The Bertz CT molecular complexity index is 551. The van der Waals surface area contributed by atoms with Crippen molar-refractivity contribution >= 4 is 11.0 Å². The average molecular weight is 290 g/mol. The number of hydrogen-bond acceptors (Lipinski definition) is 4. The fraction of sp³-hybridized carbons (Fsp3) is 0.529. The Labute approximate surface area is 127 Å². The van der Waals surface area contributed by atoms with E-state index in [0.29, 0.717) is 0 Å². The van der Waals surface area contributed by atoms with Gasteiger partial charge in [-0.25, -0.2) is 0 Å². The van der Waals surface area contributed by atoms with E-state index in [1.165, 1.54) is 10.9 Å². The first-order valence-corrected chi connectivity index (χ1v) is 7.72. The van der Waals surface area contributed by atoms with Crippen molar-refractivity contribution in [1.82, 2.24) is 10.2 Å². The fourth-order valence-electron chi connectivity index (χ4n) is 2.42. The molecule has 1 heterocycles. The summed E-state index contributed by atoms with van der Waals surface area (Å²) in [6, 6.07) is 8.26. The van der Waals surface area contributed by atoms with Gasteiger partial charge in [-0.15, -0.1) is 0 Å². The summed E-state index contributed by atoms with van der Waals surface area (Å²) in [6.45, 7) is 9.20. The van der Waals surface area contributed by atoms with Gasteiger partial charge in [-0.2, -0.15) is 0 Å². The van der Waals surface area contributed by atoms with Gasteiger partial charge in [-0.05, 0) is 26.6 Å². The summed E-state index contributed by atoms with van der Waals surface area (Å²) in [4.78, 5) is 2.28. The van der Waals surface area contributed by atoms with Crippen LogP contribution in [0.2, 0.25) is 0 Å². The Hall–Kier alpha value is -1.36. The Balaban J connectivity index is 2.15. The van der Waals surface area contributed by atoms with Crippen LogP contribution < -0.4 is 5.32 Å².